The molecule has 1 saturated heterocycles. The van der Waals surface area contributed by atoms with Gasteiger partial charge in [-0.05, 0) is 37.6 Å². The Balaban J connectivity index is 0.00000320. The summed E-state index contributed by atoms with van der Waals surface area (Å²) in [6, 6.07) is 20.1. The van der Waals surface area contributed by atoms with Crippen molar-refractivity contribution in [2.75, 3.05) is 38.1 Å². The lowest BCUT2D eigenvalue weighted by Gasteiger charge is -2.36. The molecule has 0 aromatic heterocycles. The van der Waals surface area contributed by atoms with Crippen LogP contribution in [0.2, 0.25) is 0 Å². The first-order chi connectivity index (χ1) is 14.0. The van der Waals surface area contributed by atoms with E-state index < -0.39 is 5.97 Å². The fraction of sp³-hybridized carbons (Fsp3) is 0.391. The van der Waals surface area contributed by atoms with E-state index >= 15 is 0 Å². The van der Waals surface area contributed by atoms with Gasteiger partial charge in [0.15, 0.2) is 0 Å². The van der Waals surface area contributed by atoms with Crippen LogP contribution in [0.25, 0.3) is 0 Å². The van der Waals surface area contributed by atoms with Crippen LogP contribution in [0.5, 0.6) is 0 Å². The number of carbonyl (C=O) groups excluding carboxylic acids is 1. The van der Waals surface area contributed by atoms with Gasteiger partial charge in [-0.3, -0.25) is 19.4 Å². The van der Waals surface area contributed by atoms with Gasteiger partial charge in [0.05, 0.1) is 19.6 Å². The van der Waals surface area contributed by atoms with Crippen LogP contribution in [-0.2, 0) is 16.1 Å². The topological polar surface area (TPSA) is 64.1 Å². The van der Waals surface area contributed by atoms with Crippen LogP contribution in [0.4, 0.5) is 5.69 Å². The van der Waals surface area contributed by atoms with E-state index in [0.717, 1.165) is 37.2 Å². The van der Waals surface area contributed by atoms with Gasteiger partial charge in [-0.2, -0.15) is 0 Å². The smallest absolute Gasteiger partial charge is 0.317 e. The first-order valence-corrected chi connectivity index (χ1v) is 10.1. The Bertz CT molecular complexity index is 796. The highest BCUT2D eigenvalue weighted by molar-refractivity contribution is 5.94. The molecular formula is C23H30ClN3O3. The lowest BCUT2D eigenvalue weighted by molar-refractivity contribution is -0.138. The van der Waals surface area contributed by atoms with Gasteiger partial charge in [-0.1, -0.05) is 48.5 Å². The molecule has 2 aromatic carbocycles. The summed E-state index contributed by atoms with van der Waals surface area (Å²) in [4.78, 5) is 30.0. The largest absolute Gasteiger partial charge is 0.480 e. The van der Waals surface area contributed by atoms with E-state index in [1.165, 1.54) is 0 Å². The second-order valence-electron chi connectivity index (χ2n) is 7.62. The number of rotatable bonds is 8. The second-order valence-corrected chi connectivity index (χ2v) is 7.62. The Kier molecular flexibility index (Phi) is 9.30. The number of para-hydroxylation sites is 1. The van der Waals surface area contributed by atoms with Crippen molar-refractivity contribution >= 4 is 30.0 Å². The molecule has 2 aromatic rings. The van der Waals surface area contributed by atoms with Gasteiger partial charge in [0, 0.05) is 24.8 Å². The van der Waals surface area contributed by atoms with Crippen molar-refractivity contribution in [2.45, 2.75) is 25.4 Å². The second kappa shape index (κ2) is 11.7. The van der Waals surface area contributed by atoms with Gasteiger partial charge in [0.1, 0.15) is 0 Å². The molecule has 1 aliphatic heterocycles. The molecule has 0 spiro atoms. The highest BCUT2D eigenvalue weighted by Crippen LogP contribution is 2.19. The van der Waals surface area contributed by atoms with E-state index in [9.17, 15) is 9.59 Å². The average Bonchev–Trinajstić information content (AvgIpc) is 2.73. The van der Waals surface area contributed by atoms with E-state index in [0.29, 0.717) is 13.1 Å². The van der Waals surface area contributed by atoms with Crippen LogP contribution in [0.1, 0.15) is 18.4 Å². The molecular weight excluding hydrogens is 402 g/mol. The van der Waals surface area contributed by atoms with Crippen LogP contribution in [0.3, 0.4) is 0 Å². The SMILES string of the molecule is CN(CC(=O)O)C1CCN(CC(=O)N(Cc2ccccc2)c2ccccc2)CC1.Cl. The summed E-state index contributed by atoms with van der Waals surface area (Å²) in [5.74, 6) is -0.720. The number of hydrogen-bond donors (Lipinski definition) is 1. The van der Waals surface area contributed by atoms with Gasteiger partial charge >= 0.3 is 5.97 Å². The van der Waals surface area contributed by atoms with Crippen LogP contribution in [0, 0.1) is 0 Å². The minimum Gasteiger partial charge on any atom is -0.480 e. The summed E-state index contributed by atoms with van der Waals surface area (Å²) in [7, 11) is 1.86. The molecule has 1 fully saturated rings. The van der Waals surface area contributed by atoms with Crippen molar-refractivity contribution < 1.29 is 14.7 Å². The van der Waals surface area contributed by atoms with Gasteiger partial charge in [0.2, 0.25) is 5.91 Å². The summed E-state index contributed by atoms with van der Waals surface area (Å²) in [6.07, 6.45) is 1.75. The summed E-state index contributed by atoms with van der Waals surface area (Å²) in [5, 5.41) is 8.97. The Morgan fingerprint density at radius 2 is 1.57 bits per heavy atom. The van der Waals surface area contributed by atoms with E-state index in [1.807, 2.05) is 77.5 Å². The lowest BCUT2D eigenvalue weighted by Crippen LogP contribution is -2.48. The van der Waals surface area contributed by atoms with Gasteiger partial charge in [0.25, 0.3) is 0 Å². The van der Waals surface area contributed by atoms with Gasteiger partial charge in [-0.25, -0.2) is 0 Å². The number of aliphatic carboxylic acids is 1. The van der Waals surface area contributed by atoms with Crippen molar-refractivity contribution in [1.29, 1.82) is 0 Å². The van der Waals surface area contributed by atoms with Crippen molar-refractivity contribution in [2.24, 2.45) is 0 Å². The number of piperidine rings is 1. The first-order valence-electron chi connectivity index (χ1n) is 10.1. The highest BCUT2D eigenvalue weighted by Gasteiger charge is 2.26. The summed E-state index contributed by atoms with van der Waals surface area (Å²) >= 11 is 0. The molecule has 0 radical (unpaired) electrons. The standard InChI is InChI=1S/C23H29N3O3.ClH/c1-24(18-23(28)29)20-12-14-25(15-13-20)17-22(27)26(21-10-6-3-7-11-21)16-19-8-4-2-5-9-19;/h2-11,20H,12-18H2,1H3,(H,28,29);1H. The number of nitrogens with zero attached hydrogens (tertiary/aromatic N) is 3. The van der Waals surface area contributed by atoms with E-state index in [2.05, 4.69) is 4.90 Å². The van der Waals surface area contributed by atoms with Gasteiger partial charge in [-0.15, -0.1) is 12.4 Å². The molecule has 0 bridgehead atoms. The minimum atomic E-state index is -0.801. The number of amides is 1. The molecule has 162 valence electrons. The van der Waals surface area contributed by atoms with Gasteiger partial charge < -0.3 is 10.0 Å². The molecule has 1 amide bonds. The Labute approximate surface area is 184 Å². The molecule has 1 aliphatic rings. The fourth-order valence-electron chi connectivity index (χ4n) is 3.83. The predicted molar refractivity (Wildman–Crippen MR) is 121 cm³/mol. The van der Waals surface area contributed by atoms with Crippen LogP contribution in [-0.4, -0.2) is 66.1 Å². The summed E-state index contributed by atoms with van der Waals surface area (Å²) < 4.78 is 0. The number of carboxylic acid groups (broad SMARTS) is 1. The third kappa shape index (κ3) is 6.83. The summed E-state index contributed by atoms with van der Waals surface area (Å²) in [6.45, 7) is 2.57. The quantitative estimate of drug-likeness (QED) is 0.695. The van der Waals surface area contributed by atoms with E-state index in [-0.39, 0.29) is 30.9 Å². The number of likely N-dealkylation sites (tertiary alicyclic amines) is 1. The number of anilines is 1. The average molecular weight is 432 g/mol. The molecule has 0 atom stereocenters. The Hall–Kier alpha value is -2.41. The summed E-state index contributed by atoms with van der Waals surface area (Å²) in [5.41, 5.74) is 2.00. The number of halogens is 1. The molecule has 0 saturated carbocycles. The zero-order valence-electron chi connectivity index (χ0n) is 17.3. The monoisotopic (exact) mass is 431 g/mol. The normalized spacial score (nSPS) is 14.9. The van der Waals surface area contributed by atoms with Crippen molar-refractivity contribution in [3.8, 4) is 0 Å². The number of likely N-dealkylation sites (N-methyl/N-ethyl adjacent to an activating group) is 1. The lowest BCUT2D eigenvalue weighted by atomic mass is 10.0. The van der Waals surface area contributed by atoms with Crippen molar-refractivity contribution in [3.63, 3.8) is 0 Å². The predicted octanol–water partition coefficient (Wildman–Crippen LogP) is 3.12. The third-order valence-corrected chi connectivity index (χ3v) is 5.48. The maximum atomic E-state index is 13.2. The third-order valence-electron chi connectivity index (χ3n) is 5.48. The maximum absolute atomic E-state index is 13.2. The molecule has 1 N–H and O–H groups in total. The number of benzene rings is 2. The van der Waals surface area contributed by atoms with Crippen molar-refractivity contribution in [3.05, 3.63) is 66.2 Å². The minimum absolute atomic E-state index is 0. The zero-order valence-corrected chi connectivity index (χ0v) is 18.1. The Morgan fingerprint density at radius 1 is 1.00 bits per heavy atom. The number of carboxylic acids is 1. The molecule has 0 aliphatic carbocycles. The van der Waals surface area contributed by atoms with Crippen LogP contribution < -0.4 is 4.90 Å². The molecule has 7 heteroatoms. The molecule has 3 rings (SSSR count). The van der Waals surface area contributed by atoms with E-state index in [1.54, 1.807) is 0 Å². The first kappa shape index (κ1) is 23.9. The maximum Gasteiger partial charge on any atom is 0.317 e. The van der Waals surface area contributed by atoms with E-state index in [4.69, 9.17) is 5.11 Å². The van der Waals surface area contributed by atoms with Crippen LogP contribution >= 0.6 is 12.4 Å². The molecule has 6 nitrogen and oxygen atoms in total. The van der Waals surface area contributed by atoms with Crippen molar-refractivity contribution in [1.82, 2.24) is 9.80 Å². The molecule has 0 unspecified atom stereocenters. The highest BCUT2D eigenvalue weighted by atomic mass is 35.5. The fourth-order valence-corrected chi connectivity index (χ4v) is 3.83. The molecule has 1 heterocycles. The number of hydrogen-bond acceptors (Lipinski definition) is 4. The van der Waals surface area contributed by atoms with Crippen LogP contribution in [0.15, 0.2) is 60.7 Å². The zero-order chi connectivity index (χ0) is 20.6. The molecule has 30 heavy (non-hydrogen) atoms. The number of carbonyl (C=O) groups is 2. The Morgan fingerprint density at radius 3 is 2.13 bits per heavy atom.